The van der Waals surface area contributed by atoms with Gasteiger partial charge in [-0.15, -0.1) is 12.4 Å². The van der Waals surface area contributed by atoms with Crippen LogP contribution in [0, 0.1) is 6.92 Å². The third kappa shape index (κ3) is 6.03. The molecule has 0 spiro atoms. The van der Waals surface area contributed by atoms with Crippen LogP contribution < -0.4 is 11.1 Å². The minimum Gasteiger partial charge on any atom is -0.346 e. The zero-order chi connectivity index (χ0) is 17.5. The smallest absolute Gasteiger partial charge is 0.242 e. The number of carbonyl (C=O) groups excluding carboxylic acids is 3. The number of amides is 3. The van der Waals surface area contributed by atoms with Gasteiger partial charge in [0.25, 0.3) is 0 Å². The molecular formula is C17H25ClN4O3. The molecule has 8 heteroatoms. The Labute approximate surface area is 153 Å². The summed E-state index contributed by atoms with van der Waals surface area (Å²) in [5.74, 6) is -0.425. The maximum Gasteiger partial charge on any atom is 0.242 e. The highest BCUT2D eigenvalue weighted by Crippen LogP contribution is 2.11. The molecule has 0 radical (unpaired) electrons. The largest absolute Gasteiger partial charge is 0.346 e. The van der Waals surface area contributed by atoms with Crippen molar-refractivity contribution in [3.8, 4) is 0 Å². The van der Waals surface area contributed by atoms with Gasteiger partial charge >= 0.3 is 0 Å². The van der Waals surface area contributed by atoms with Crippen LogP contribution in [0.25, 0.3) is 0 Å². The molecule has 2 rings (SSSR count). The van der Waals surface area contributed by atoms with Crippen LogP contribution in [0.1, 0.15) is 11.1 Å². The van der Waals surface area contributed by atoms with Gasteiger partial charge in [-0.25, -0.2) is 0 Å². The van der Waals surface area contributed by atoms with Crippen LogP contribution in [0.15, 0.2) is 24.3 Å². The normalized spacial score (nSPS) is 13.8. The predicted molar refractivity (Wildman–Crippen MR) is 97.4 cm³/mol. The average molecular weight is 369 g/mol. The number of nitrogens with zero attached hydrogens (tertiary/aromatic N) is 2. The fourth-order valence-electron chi connectivity index (χ4n) is 2.65. The Morgan fingerprint density at radius 2 is 1.60 bits per heavy atom. The summed E-state index contributed by atoms with van der Waals surface area (Å²) in [7, 11) is 0. The molecule has 1 aromatic rings. The van der Waals surface area contributed by atoms with Crippen molar-refractivity contribution in [1.82, 2.24) is 15.1 Å². The van der Waals surface area contributed by atoms with Gasteiger partial charge in [-0.05, 0) is 18.1 Å². The van der Waals surface area contributed by atoms with Crippen LogP contribution in [-0.2, 0) is 20.8 Å². The second-order valence-corrected chi connectivity index (χ2v) is 5.85. The lowest BCUT2D eigenvalue weighted by atomic mass is 10.1. The van der Waals surface area contributed by atoms with E-state index in [2.05, 4.69) is 5.32 Å². The van der Waals surface area contributed by atoms with E-state index in [1.54, 1.807) is 9.80 Å². The lowest BCUT2D eigenvalue weighted by Gasteiger charge is -2.35. The number of halogens is 1. The maximum atomic E-state index is 12.4. The molecule has 1 aliphatic rings. The Kier molecular flexibility index (Phi) is 8.37. The van der Waals surface area contributed by atoms with Crippen LogP contribution in [0.3, 0.4) is 0 Å². The van der Waals surface area contributed by atoms with Crippen molar-refractivity contribution in [2.45, 2.75) is 13.3 Å². The molecule has 0 atom stereocenters. The monoisotopic (exact) mass is 368 g/mol. The second kappa shape index (κ2) is 10.0. The number of carbonyl (C=O) groups is 3. The molecule has 0 unspecified atom stereocenters. The molecule has 25 heavy (non-hydrogen) atoms. The summed E-state index contributed by atoms with van der Waals surface area (Å²) in [5, 5.41) is 2.47. The Hall–Kier alpha value is -2.12. The quantitative estimate of drug-likeness (QED) is 0.746. The van der Waals surface area contributed by atoms with Crippen molar-refractivity contribution in [1.29, 1.82) is 0 Å². The Morgan fingerprint density at radius 3 is 2.16 bits per heavy atom. The van der Waals surface area contributed by atoms with Crippen LogP contribution in [-0.4, -0.2) is 66.8 Å². The highest BCUT2D eigenvalue weighted by Gasteiger charge is 2.24. The summed E-state index contributed by atoms with van der Waals surface area (Å²) in [6, 6.07) is 7.85. The molecule has 1 heterocycles. The minimum atomic E-state index is -0.351. The van der Waals surface area contributed by atoms with Crippen molar-refractivity contribution in [2.75, 3.05) is 39.3 Å². The van der Waals surface area contributed by atoms with Crippen LogP contribution in [0.2, 0.25) is 0 Å². The average Bonchev–Trinajstić information content (AvgIpc) is 2.61. The number of nitrogens with one attached hydrogen (secondary N) is 1. The van der Waals surface area contributed by atoms with Gasteiger partial charge in [-0.3, -0.25) is 14.4 Å². The predicted octanol–water partition coefficient (Wildman–Crippen LogP) is -0.295. The number of benzene rings is 1. The van der Waals surface area contributed by atoms with Crippen molar-refractivity contribution >= 4 is 30.1 Å². The second-order valence-electron chi connectivity index (χ2n) is 5.85. The van der Waals surface area contributed by atoms with Gasteiger partial charge in [-0.2, -0.15) is 0 Å². The summed E-state index contributed by atoms with van der Waals surface area (Å²) in [6.07, 6.45) is 0.382. The zero-order valence-electron chi connectivity index (χ0n) is 14.4. The van der Waals surface area contributed by atoms with E-state index in [-0.39, 0.29) is 43.2 Å². The van der Waals surface area contributed by atoms with E-state index in [4.69, 9.17) is 5.73 Å². The number of aryl methyl sites for hydroxylation is 1. The SMILES string of the molecule is Cc1ccccc1CC(=O)N1CCN(C(=O)CNC(=O)CN)CC1.Cl. The third-order valence-corrected chi connectivity index (χ3v) is 4.21. The summed E-state index contributed by atoms with van der Waals surface area (Å²) in [4.78, 5) is 38.9. The Balaban J connectivity index is 0.00000312. The van der Waals surface area contributed by atoms with Crippen LogP contribution in [0.4, 0.5) is 0 Å². The Bertz CT molecular complexity index is 616. The van der Waals surface area contributed by atoms with E-state index in [1.807, 2.05) is 31.2 Å². The van der Waals surface area contributed by atoms with Crippen LogP contribution >= 0.6 is 12.4 Å². The van der Waals surface area contributed by atoms with E-state index in [9.17, 15) is 14.4 Å². The summed E-state index contributed by atoms with van der Waals surface area (Å²) in [5.41, 5.74) is 7.32. The van der Waals surface area contributed by atoms with E-state index in [0.717, 1.165) is 11.1 Å². The molecule has 0 aliphatic carbocycles. The summed E-state index contributed by atoms with van der Waals surface area (Å²) in [6.45, 7) is 3.81. The van der Waals surface area contributed by atoms with Gasteiger partial charge < -0.3 is 20.9 Å². The number of hydrogen-bond acceptors (Lipinski definition) is 4. The standard InChI is InChI=1S/C17H24N4O3.ClH/c1-13-4-2-3-5-14(13)10-16(23)20-6-8-21(9-7-20)17(24)12-19-15(22)11-18;/h2-5H,6-12,18H2,1H3,(H,19,22);1H. The fourth-order valence-corrected chi connectivity index (χ4v) is 2.65. The highest BCUT2D eigenvalue weighted by molar-refractivity contribution is 5.86. The first-order valence-electron chi connectivity index (χ1n) is 8.08. The Morgan fingerprint density at radius 1 is 1.04 bits per heavy atom. The molecular weight excluding hydrogens is 344 g/mol. The maximum absolute atomic E-state index is 12.4. The minimum absolute atomic E-state index is 0. The van der Waals surface area contributed by atoms with Gasteiger partial charge in [-0.1, -0.05) is 24.3 Å². The van der Waals surface area contributed by atoms with E-state index < -0.39 is 0 Å². The third-order valence-electron chi connectivity index (χ3n) is 4.21. The molecule has 1 saturated heterocycles. The van der Waals surface area contributed by atoms with Gasteiger partial charge in [0.05, 0.1) is 19.5 Å². The molecule has 3 amide bonds. The van der Waals surface area contributed by atoms with Crippen molar-refractivity contribution in [3.63, 3.8) is 0 Å². The number of rotatable bonds is 5. The topological polar surface area (TPSA) is 95.7 Å². The molecule has 0 aromatic heterocycles. The van der Waals surface area contributed by atoms with Gasteiger partial charge in [0.1, 0.15) is 0 Å². The lowest BCUT2D eigenvalue weighted by molar-refractivity contribution is -0.139. The molecule has 7 nitrogen and oxygen atoms in total. The number of piperazine rings is 1. The number of hydrogen-bond donors (Lipinski definition) is 2. The molecule has 138 valence electrons. The zero-order valence-corrected chi connectivity index (χ0v) is 15.2. The molecule has 3 N–H and O–H groups in total. The molecule has 0 saturated carbocycles. The lowest BCUT2D eigenvalue weighted by Crippen LogP contribution is -2.53. The van der Waals surface area contributed by atoms with E-state index in [1.165, 1.54) is 0 Å². The summed E-state index contributed by atoms with van der Waals surface area (Å²) >= 11 is 0. The molecule has 1 aliphatic heterocycles. The van der Waals surface area contributed by atoms with Gasteiger partial charge in [0.2, 0.25) is 17.7 Å². The van der Waals surface area contributed by atoms with Gasteiger partial charge in [0.15, 0.2) is 0 Å². The van der Waals surface area contributed by atoms with Crippen molar-refractivity contribution in [2.24, 2.45) is 5.73 Å². The molecule has 1 fully saturated rings. The first-order chi connectivity index (χ1) is 11.5. The fraction of sp³-hybridized carbons (Fsp3) is 0.471. The first-order valence-corrected chi connectivity index (χ1v) is 8.08. The highest BCUT2D eigenvalue weighted by atomic mass is 35.5. The van der Waals surface area contributed by atoms with E-state index >= 15 is 0 Å². The van der Waals surface area contributed by atoms with Crippen molar-refractivity contribution in [3.05, 3.63) is 35.4 Å². The van der Waals surface area contributed by atoms with Gasteiger partial charge in [0, 0.05) is 26.2 Å². The summed E-state index contributed by atoms with van der Waals surface area (Å²) < 4.78 is 0. The van der Waals surface area contributed by atoms with E-state index in [0.29, 0.717) is 32.6 Å². The molecule has 1 aromatic carbocycles. The molecule has 0 bridgehead atoms. The first kappa shape index (κ1) is 20.9. The van der Waals surface area contributed by atoms with Crippen molar-refractivity contribution < 1.29 is 14.4 Å². The number of nitrogens with two attached hydrogens (primary N) is 1. The van der Waals surface area contributed by atoms with Crippen LogP contribution in [0.5, 0.6) is 0 Å².